The van der Waals surface area contributed by atoms with Gasteiger partial charge in [-0.3, -0.25) is 9.59 Å². The van der Waals surface area contributed by atoms with Gasteiger partial charge in [-0.1, -0.05) is 29.8 Å². The molecular weight excluding hydrogens is 292 g/mol. The number of nitrogens with one attached hydrogen (secondary N) is 1. The van der Waals surface area contributed by atoms with Crippen LogP contribution in [0.3, 0.4) is 0 Å². The molecule has 1 heterocycles. The number of benzene rings is 2. The lowest BCUT2D eigenvalue weighted by Crippen LogP contribution is -2.48. The molecule has 1 N–H and O–H groups in total. The normalized spacial score (nSPS) is 16.3. The monoisotopic (exact) mass is 310 g/mol. The molecule has 5 nitrogen and oxygen atoms in total. The average molecular weight is 310 g/mol. The maximum absolute atomic E-state index is 12.5. The summed E-state index contributed by atoms with van der Waals surface area (Å²) >= 11 is 0. The summed E-state index contributed by atoms with van der Waals surface area (Å²) in [5.74, 6) is 0.154. The van der Waals surface area contributed by atoms with E-state index < -0.39 is 6.10 Å². The molecule has 2 aromatic carbocycles. The van der Waals surface area contributed by atoms with Crippen LogP contribution in [0.5, 0.6) is 5.75 Å². The minimum atomic E-state index is -0.741. The number of hydrogen-bond donors (Lipinski definition) is 1. The van der Waals surface area contributed by atoms with Crippen molar-refractivity contribution in [1.29, 1.82) is 0 Å². The van der Waals surface area contributed by atoms with Crippen molar-refractivity contribution in [2.75, 3.05) is 16.8 Å². The summed E-state index contributed by atoms with van der Waals surface area (Å²) in [7, 11) is 0. The number of anilines is 2. The molecule has 1 atom stereocenters. The third-order valence-electron chi connectivity index (χ3n) is 3.77. The van der Waals surface area contributed by atoms with Crippen LogP contribution in [0.1, 0.15) is 12.5 Å². The van der Waals surface area contributed by atoms with Crippen LogP contribution in [-0.2, 0) is 9.59 Å². The molecule has 23 heavy (non-hydrogen) atoms. The van der Waals surface area contributed by atoms with Crippen LogP contribution in [0.15, 0.2) is 48.5 Å². The maximum Gasteiger partial charge on any atom is 0.267 e. The van der Waals surface area contributed by atoms with Crippen molar-refractivity contribution in [3.63, 3.8) is 0 Å². The molecule has 1 aliphatic heterocycles. The predicted octanol–water partition coefficient (Wildman–Crippen LogP) is 2.75. The van der Waals surface area contributed by atoms with Gasteiger partial charge in [0.2, 0.25) is 5.91 Å². The van der Waals surface area contributed by atoms with Crippen LogP contribution in [0.25, 0.3) is 0 Å². The van der Waals surface area contributed by atoms with E-state index in [9.17, 15) is 9.59 Å². The summed E-state index contributed by atoms with van der Waals surface area (Å²) < 4.78 is 5.76. The van der Waals surface area contributed by atoms with E-state index in [1.165, 1.54) is 6.92 Å². The maximum atomic E-state index is 12.5. The van der Waals surface area contributed by atoms with Crippen LogP contribution >= 0.6 is 0 Å². The van der Waals surface area contributed by atoms with Gasteiger partial charge in [0.15, 0.2) is 6.10 Å². The molecule has 0 spiro atoms. The highest BCUT2D eigenvalue weighted by Crippen LogP contribution is 2.33. The molecule has 1 unspecified atom stereocenters. The number of para-hydroxylation sites is 2. The van der Waals surface area contributed by atoms with Gasteiger partial charge in [-0.15, -0.1) is 0 Å². The zero-order valence-electron chi connectivity index (χ0n) is 13.1. The number of amides is 2. The van der Waals surface area contributed by atoms with Crippen molar-refractivity contribution in [3.8, 4) is 5.75 Å². The number of nitrogens with zero attached hydrogens (tertiary/aromatic N) is 1. The van der Waals surface area contributed by atoms with Crippen LogP contribution in [0, 0.1) is 6.92 Å². The summed E-state index contributed by atoms with van der Waals surface area (Å²) in [4.78, 5) is 25.9. The quantitative estimate of drug-likeness (QED) is 0.928. The zero-order chi connectivity index (χ0) is 16.4. The van der Waals surface area contributed by atoms with Crippen molar-refractivity contribution in [2.24, 2.45) is 0 Å². The average Bonchev–Trinajstić information content (AvgIpc) is 2.55. The standard InChI is InChI=1S/C18H18N2O3/c1-12-7-9-14(10-8-12)19-18(22)17-11-20(13(2)21)15-5-3-4-6-16(15)23-17/h3-10,17H,11H2,1-2H3,(H,19,22). The lowest BCUT2D eigenvalue weighted by Gasteiger charge is -2.33. The summed E-state index contributed by atoms with van der Waals surface area (Å²) in [5.41, 5.74) is 2.52. The van der Waals surface area contributed by atoms with Gasteiger partial charge in [0, 0.05) is 12.6 Å². The van der Waals surface area contributed by atoms with Crippen LogP contribution < -0.4 is 15.0 Å². The van der Waals surface area contributed by atoms with Crippen LogP contribution in [0.4, 0.5) is 11.4 Å². The minimum absolute atomic E-state index is 0.117. The van der Waals surface area contributed by atoms with Gasteiger partial charge >= 0.3 is 0 Å². The Hall–Kier alpha value is -2.82. The first-order valence-electron chi connectivity index (χ1n) is 7.46. The Balaban J connectivity index is 1.79. The second-order valence-electron chi connectivity index (χ2n) is 5.56. The summed E-state index contributed by atoms with van der Waals surface area (Å²) in [6.45, 7) is 3.67. The Kier molecular flexibility index (Phi) is 4.02. The number of carbonyl (C=O) groups is 2. The molecule has 118 valence electrons. The lowest BCUT2D eigenvalue weighted by molar-refractivity contribution is -0.123. The number of ether oxygens (including phenoxy) is 1. The van der Waals surface area contributed by atoms with Gasteiger partial charge in [0.25, 0.3) is 5.91 Å². The highest BCUT2D eigenvalue weighted by molar-refractivity contribution is 5.99. The van der Waals surface area contributed by atoms with Gasteiger partial charge in [-0.25, -0.2) is 0 Å². The molecule has 0 aromatic heterocycles. The van der Waals surface area contributed by atoms with Gasteiger partial charge in [0.05, 0.1) is 12.2 Å². The summed E-state index contributed by atoms with van der Waals surface area (Å²) in [6.07, 6.45) is -0.741. The molecule has 5 heteroatoms. The van der Waals surface area contributed by atoms with Gasteiger partial charge in [-0.2, -0.15) is 0 Å². The summed E-state index contributed by atoms with van der Waals surface area (Å²) in [6, 6.07) is 14.8. The van der Waals surface area contributed by atoms with Gasteiger partial charge < -0.3 is 15.0 Å². The Bertz CT molecular complexity index is 740. The molecule has 0 saturated heterocycles. The lowest BCUT2D eigenvalue weighted by atomic mass is 10.1. The van der Waals surface area contributed by atoms with Crippen molar-refractivity contribution in [1.82, 2.24) is 0 Å². The first kappa shape index (κ1) is 15.1. The van der Waals surface area contributed by atoms with Gasteiger partial charge in [-0.05, 0) is 31.2 Å². The fourth-order valence-electron chi connectivity index (χ4n) is 2.53. The fraction of sp³-hybridized carbons (Fsp3) is 0.222. The van der Waals surface area contributed by atoms with Crippen molar-refractivity contribution in [3.05, 3.63) is 54.1 Å². The number of carbonyl (C=O) groups excluding carboxylic acids is 2. The van der Waals surface area contributed by atoms with E-state index in [4.69, 9.17) is 4.74 Å². The SMILES string of the molecule is CC(=O)N1CC(C(=O)Nc2ccc(C)cc2)Oc2ccccc21. The number of hydrogen-bond acceptors (Lipinski definition) is 3. The number of aryl methyl sites for hydroxylation is 1. The van der Waals surface area contributed by atoms with E-state index in [1.807, 2.05) is 49.4 Å². The molecule has 3 rings (SSSR count). The molecule has 0 saturated carbocycles. The van der Waals surface area contributed by atoms with E-state index in [1.54, 1.807) is 11.0 Å². The number of fused-ring (bicyclic) bond motifs is 1. The molecular formula is C18H18N2O3. The highest BCUT2D eigenvalue weighted by atomic mass is 16.5. The molecule has 0 fully saturated rings. The Labute approximate surface area is 134 Å². The third kappa shape index (κ3) is 3.18. The molecule has 1 aliphatic rings. The first-order valence-corrected chi connectivity index (χ1v) is 7.46. The van der Waals surface area contributed by atoms with Crippen LogP contribution in [0.2, 0.25) is 0 Å². The molecule has 0 aliphatic carbocycles. The van der Waals surface area contributed by atoms with E-state index in [-0.39, 0.29) is 18.4 Å². The highest BCUT2D eigenvalue weighted by Gasteiger charge is 2.32. The molecule has 0 bridgehead atoms. The molecule has 2 amide bonds. The topological polar surface area (TPSA) is 58.6 Å². The summed E-state index contributed by atoms with van der Waals surface area (Å²) in [5, 5.41) is 2.83. The third-order valence-corrected chi connectivity index (χ3v) is 3.77. The van der Waals surface area contributed by atoms with Crippen molar-refractivity contribution < 1.29 is 14.3 Å². The van der Waals surface area contributed by atoms with E-state index in [0.29, 0.717) is 17.1 Å². The molecule has 2 aromatic rings. The van der Waals surface area contributed by atoms with Gasteiger partial charge in [0.1, 0.15) is 5.75 Å². The largest absolute Gasteiger partial charge is 0.476 e. The van der Waals surface area contributed by atoms with E-state index in [2.05, 4.69) is 5.32 Å². The Morgan fingerprint density at radius 2 is 1.83 bits per heavy atom. The Morgan fingerprint density at radius 1 is 1.13 bits per heavy atom. The first-order chi connectivity index (χ1) is 11.0. The van der Waals surface area contributed by atoms with E-state index >= 15 is 0 Å². The Morgan fingerprint density at radius 3 is 2.52 bits per heavy atom. The zero-order valence-corrected chi connectivity index (χ0v) is 13.1. The second-order valence-corrected chi connectivity index (χ2v) is 5.56. The van der Waals surface area contributed by atoms with E-state index in [0.717, 1.165) is 5.56 Å². The number of rotatable bonds is 2. The predicted molar refractivity (Wildman–Crippen MR) is 88.7 cm³/mol. The second kappa shape index (κ2) is 6.12. The fourth-order valence-corrected chi connectivity index (χ4v) is 2.53. The minimum Gasteiger partial charge on any atom is -0.476 e. The van der Waals surface area contributed by atoms with Crippen molar-refractivity contribution >= 4 is 23.2 Å². The van der Waals surface area contributed by atoms with Crippen molar-refractivity contribution in [2.45, 2.75) is 20.0 Å². The molecule has 0 radical (unpaired) electrons. The van der Waals surface area contributed by atoms with Crippen LogP contribution in [-0.4, -0.2) is 24.5 Å². The smallest absolute Gasteiger partial charge is 0.267 e.